The summed E-state index contributed by atoms with van der Waals surface area (Å²) in [5, 5.41) is 5.31. The number of hydrogen-bond acceptors (Lipinski definition) is 4. The first-order chi connectivity index (χ1) is 14.8. The highest BCUT2D eigenvalue weighted by Crippen LogP contribution is 2.36. The fraction of sp³-hybridized carbons (Fsp3) is 0.167. The molecule has 3 rings (SSSR count). The molecule has 0 aliphatic rings. The highest BCUT2D eigenvalue weighted by atomic mass is 35.5. The van der Waals surface area contributed by atoms with E-state index in [1.807, 2.05) is 26.0 Å². The normalized spacial score (nSPS) is 10.4. The van der Waals surface area contributed by atoms with Gasteiger partial charge < -0.3 is 14.8 Å². The highest BCUT2D eigenvalue weighted by Gasteiger charge is 2.15. The summed E-state index contributed by atoms with van der Waals surface area (Å²) >= 11 is 6.38. The molecule has 160 valence electrons. The number of aryl methyl sites for hydroxylation is 3. The van der Waals surface area contributed by atoms with Crippen LogP contribution in [-0.2, 0) is 0 Å². The van der Waals surface area contributed by atoms with Crippen LogP contribution < -0.4 is 20.1 Å². The van der Waals surface area contributed by atoms with Crippen LogP contribution in [0.25, 0.3) is 0 Å². The Labute approximate surface area is 186 Å². The van der Waals surface area contributed by atoms with Crippen molar-refractivity contribution in [2.75, 3.05) is 12.4 Å². The number of benzene rings is 3. The molecule has 3 aromatic carbocycles. The van der Waals surface area contributed by atoms with Crippen molar-refractivity contribution in [1.82, 2.24) is 5.32 Å². The van der Waals surface area contributed by atoms with Crippen molar-refractivity contribution in [3.8, 4) is 17.2 Å². The van der Waals surface area contributed by atoms with E-state index in [0.29, 0.717) is 27.8 Å². The Morgan fingerprint density at radius 1 is 0.871 bits per heavy atom. The fourth-order valence-corrected chi connectivity index (χ4v) is 3.20. The number of halogens is 1. The lowest BCUT2D eigenvalue weighted by Gasteiger charge is -2.15. The summed E-state index contributed by atoms with van der Waals surface area (Å²) in [5.41, 5.74) is 3.31. The number of hydrogen-bond donors (Lipinski definition) is 2. The van der Waals surface area contributed by atoms with E-state index in [0.717, 1.165) is 22.4 Å². The van der Waals surface area contributed by atoms with Crippen LogP contribution in [0, 0.1) is 20.8 Å². The zero-order valence-electron chi connectivity index (χ0n) is 17.7. The monoisotopic (exact) mass is 438 g/mol. The molecule has 0 fully saturated rings. The molecule has 0 radical (unpaired) electrons. The van der Waals surface area contributed by atoms with E-state index >= 15 is 0 Å². The molecule has 6 nitrogen and oxygen atoms in total. The number of carbonyl (C=O) groups is 2. The maximum atomic E-state index is 12.3. The summed E-state index contributed by atoms with van der Waals surface area (Å²) in [6.07, 6.45) is 0. The van der Waals surface area contributed by atoms with E-state index in [2.05, 4.69) is 10.6 Å². The molecule has 7 heteroatoms. The van der Waals surface area contributed by atoms with Gasteiger partial charge in [0.2, 0.25) is 0 Å². The van der Waals surface area contributed by atoms with Crippen molar-refractivity contribution >= 4 is 29.2 Å². The molecule has 2 N–H and O–H groups in total. The highest BCUT2D eigenvalue weighted by molar-refractivity contribution is 6.32. The minimum absolute atomic E-state index is 0.321. The van der Waals surface area contributed by atoms with Gasteiger partial charge in [-0.3, -0.25) is 10.1 Å². The largest absolute Gasteiger partial charge is 0.497 e. The molecule has 0 heterocycles. The minimum Gasteiger partial charge on any atom is -0.497 e. The van der Waals surface area contributed by atoms with E-state index < -0.39 is 11.9 Å². The lowest BCUT2D eigenvalue weighted by molar-refractivity contribution is 0.0966. The van der Waals surface area contributed by atoms with Crippen LogP contribution in [0.15, 0.2) is 54.6 Å². The Bertz CT molecular complexity index is 1140. The maximum absolute atomic E-state index is 12.3. The first kappa shape index (κ1) is 22.2. The zero-order chi connectivity index (χ0) is 22.5. The molecule has 0 spiro atoms. The third-order valence-corrected chi connectivity index (χ3v) is 5.04. The topological polar surface area (TPSA) is 76.7 Å². The first-order valence-electron chi connectivity index (χ1n) is 9.59. The molecule has 31 heavy (non-hydrogen) atoms. The van der Waals surface area contributed by atoms with Crippen LogP contribution in [-0.4, -0.2) is 19.0 Å². The van der Waals surface area contributed by atoms with Crippen molar-refractivity contribution < 1.29 is 19.1 Å². The number of imide groups is 1. The fourth-order valence-electron chi connectivity index (χ4n) is 3.00. The second-order valence-electron chi connectivity index (χ2n) is 7.05. The number of urea groups is 1. The van der Waals surface area contributed by atoms with Crippen molar-refractivity contribution in [3.63, 3.8) is 0 Å². The second-order valence-corrected chi connectivity index (χ2v) is 7.46. The molecule has 3 aromatic rings. The third kappa shape index (κ3) is 5.35. The predicted octanol–water partition coefficient (Wildman–Crippen LogP) is 6.03. The molecular weight excluding hydrogens is 416 g/mol. The summed E-state index contributed by atoms with van der Waals surface area (Å²) in [5.74, 6) is 1.35. The van der Waals surface area contributed by atoms with E-state index in [1.54, 1.807) is 56.5 Å². The van der Waals surface area contributed by atoms with Gasteiger partial charge >= 0.3 is 6.03 Å². The van der Waals surface area contributed by atoms with E-state index in [1.165, 1.54) is 0 Å². The van der Waals surface area contributed by atoms with E-state index in [-0.39, 0.29) is 0 Å². The maximum Gasteiger partial charge on any atom is 0.326 e. The first-order valence-corrected chi connectivity index (χ1v) is 9.97. The van der Waals surface area contributed by atoms with Crippen molar-refractivity contribution in [1.29, 1.82) is 0 Å². The minimum atomic E-state index is -0.646. The molecular formula is C24H23ClN2O4. The van der Waals surface area contributed by atoms with Crippen LogP contribution in [0.4, 0.5) is 10.5 Å². The van der Waals surface area contributed by atoms with Crippen LogP contribution in [0.2, 0.25) is 5.02 Å². The molecule has 3 amide bonds. The molecule has 0 unspecified atom stereocenters. The van der Waals surface area contributed by atoms with Gasteiger partial charge in [-0.05, 0) is 73.9 Å². The van der Waals surface area contributed by atoms with Crippen molar-refractivity contribution in [3.05, 3.63) is 81.9 Å². The lowest BCUT2D eigenvalue weighted by atomic mass is 10.1. The summed E-state index contributed by atoms with van der Waals surface area (Å²) < 4.78 is 11.2. The summed E-state index contributed by atoms with van der Waals surface area (Å²) in [6.45, 7) is 5.52. The molecule has 0 aliphatic heterocycles. The number of rotatable bonds is 5. The summed E-state index contributed by atoms with van der Waals surface area (Å²) in [7, 11) is 1.60. The van der Waals surface area contributed by atoms with Crippen LogP contribution in [0.3, 0.4) is 0 Å². The Morgan fingerprint density at radius 2 is 1.61 bits per heavy atom. The SMILES string of the molecule is COc1ccc(Oc2cc(C)c(NC(=O)NC(=O)c3ccccc3C)cc2Cl)c(C)c1. The van der Waals surface area contributed by atoms with Gasteiger partial charge in [0.05, 0.1) is 12.1 Å². The summed E-state index contributed by atoms with van der Waals surface area (Å²) in [6, 6.07) is 15.2. The number of methoxy groups -OCH3 is 1. The molecule has 0 saturated carbocycles. The van der Waals surface area contributed by atoms with Crippen LogP contribution in [0.1, 0.15) is 27.0 Å². The number of carbonyl (C=O) groups excluding carboxylic acids is 2. The molecule has 0 saturated heterocycles. The quantitative estimate of drug-likeness (QED) is 0.510. The molecule has 0 atom stereocenters. The van der Waals surface area contributed by atoms with Gasteiger partial charge in [-0.15, -0.1) is 0 Å². The zero-order valence-corrected chi connectivity index (χ0v) is 18.5. The predicted molar refractivity (Wildman–Crippen MR) is 122 cm³/mol. The van der Waals surface area contributed by atoms with Crippen molar-refractivity contribution in [2.24, 2.45) is 0 Å². The van der Waals surface area contributed by atoms with Crippen LogP contribution in [0.5, 0.6) is 17.2 Å². The lowest BCUT2D eigenvalue weighted by Crippen LogP contribution is -2.34. The molecule has 0 aromatic heterocycles. The molecule has 0 bridgehead atoms. The standard InChI is InChI=1S/C24H23ClN2O4/c1-14-7-5-6-8-18(14)23(28)27-24(29)26-20-13-19(25)22(12-15(20)2)31-21-10-9-17(30-4)11-16(21)3/h5-13H,1-4H3,(H2,26,27,28,29). The average molecular weight is 439 g/mol. The van der Waals surface area contributed by atoms with E-state index in [9.17, 15) is 9.59 Å². The van der Waals surface area contributed by atoms with E-state index in [4.69, 9.17) is 21.1 Å². The number of nitrogens with one attached hydrogen (secondary N) is 2. The second kappa shape index (κ2) is 9.53. The van der Waals surface area contributed by atoms with Gasteiger partial charge in [-0.1, -0.05) is 29.8 Å². The average Bonchev–Trinajstić information content (AvgIpc) is 2.73. The number of anilines is 1. The molecule has 0 aliphatic carbocycles. The number of amides is 3. The number of ether oxygens (including phenoxy) is 2. The summed E-state index contributed by atoms with van der Waals surface area (Å²) in [4.78, 5) is 24.6. The smallest absolute Gasteiger partial charge is 0.326 e. The Hall–Kier alpha value is -3.51. The Kier molecular flexibility index (Phi) is 6.82. The van der Waals surface area contributed by atoms with Gasteiger partial charge in [0, 0.05) is 11.3 Å². The van der Waals surface area contributed by atoms with Gasteiger partial charge in [0.1, 0.15) is 17.2 Å². The van der Waals surface area contributed by atoms with Gasteiger partial charge in [-0.25, -0.2) is 4.79 Å². The van der Waals surface area contributed by atoms with Gasteiger partial charge in [0.15, 0.2) is 0 Å². The van der Waals surface area contributed by atoms with Crippen molar-refractivity contribution in [2.45, 2.75) is 20.8 Å². The Morgan fingerprint density at radius 3 is 2.29 bits per heavy atom. The Balaban J connectivity index is 1.72. The van der Waals surface area contributed by atoms with Gasteiger partial charge in [-0.2, -0.15) is 0 Å². The van der Waals surface area contributed by atoms with Crippen LogP contribution >= 0.6 is 11.6 Å². The third-order valence-electron chi connectivity index (χ3n) is 4.75. The van der Waals surface area contributed by atoms with Gasteiger partial charge in [0.25, 0.3) is 5.91 Å².